The van der Waals surface area contributed by atoms with E-state index in [0.717, 1.165) is 17.7 Å². The van der Waals surface area contributed by atoms with E-state index in [-0.39, 0.29) is 12.6 Å². The standard InChI is InChI=1S/C17H20N2O2S2/c20-15(13-5-7-22-11-13)9-18-17(21)19-10-16-14-4-2-1-3-12(14)6-8-23-16/h1-5,7,11,15-16,20H,6,8-10H2,(H2,18,19,21)/t15-,16+/m1/s1. The van der Waals surface area contributed by atoms with Gasteiger partial charge in [-0.15, -0.1) is 0 Å². The van der Waals surface area contributed by atoms with Crippen LogP contribution in [-0.4, -0.2) is 30.0 Å². The van der Waals surface area contributed by atoms with Crippen molar-refractivity contribution in [3.63, 3.8) is 0 Å². The van der Waals surface area contributed by atoms with Crippen molar-refractivity contribution in [2.24, 2.45) is 0 Å². The molecule has 0 bridgehead atoms. The average molecular weight is 348 g/mol. The number of fused-ring (bicyclic) bond motifs is 1. The molecule has 122 valence electrons. The lowest BCUT2D eigenvalue weighted by Gasteiger charge is -2.25. The minimum Gasteiger partial charge on any atom is -0.387 e. The van der Waals surface area contributed by atoms with Gasteiger partial charge in [0, 0.05) is 18.3 Å². The highest BCUT2D eigenvalue weighted by Crippen LogP contribution is 2.35. The second-order valence-electron chi connectivity index (χ2n) is 5.47. The van der Waals surface area contributed by atoms with Crippen molar-refractivity contribution in [2.75, 3.05) is 18.8 Å². The number of nitrogens with one attached hydrogen (secondary N) is 2. The van der Waals surface area contributed by atoms with Crippen LogP contribution in [0.1, 0.15) is 28.0 Å². The minimum absolute atomic E-state index is 0.219. The Bertz CT molecular complexity index is 646. The van der Waals surface area contributed by atoms with Gasteiger partial charge in [0.1, 0.15) is 0 Å². The molecule has 2 heterocycles. The van der Waals surface area contributed by atoms with Crippen molar-refractivity contribution in [1.82, 2.24) is 10.6 Å². The second-order valence-corrected chi connectivity index (χ2v) is 7.56. The smallest absolute Gasteiger partial charge is 0.314 e. The summed E-state index contributed by atoms with van der Waals surface area (Å²) in [5, 5.41) is 19.7. The maximum absolute atomic E-state index is 11.9. The lowest BCUT2D eigenvalue weighted by molar-refractivity contribution is 0.173. The van der Waals surface area contributed by atoms with Crippen molar-refractivity contribution >= 4 is 29.1 Å². The first kappa shape index (κ1) is 16.4. The second kappa shape index (κ2) is 7.86. The number of amides is 2. The third-order valence-corrected chi connectivity index (χ3v) is 5.89. The van der Waals surface area contributed by atoms with E-state index in [2.05, 4.69) is 34.9 Å². The molecule has 0 unspecified atom stereocenters. The molecule has 1 aliphatic rings. The Hall–Kier alpha value is -1.50. The zero-order chi connectivity index (χ0) is 16.1. The lowest BCUT2D eigenvalue weighted by atomic mass is 10.0. The lowest BCUT2D eigenvalue weighted by Crippen LogP contribution is -2.39. The molecule has 1 aromatic carbocycles. The molecule has 3 N–H and O–H groups in total. The number of carbonyl (C=O) groups is 1. The van der Waals surface area contributed by atoms with E-state index in [1.165, 1.54) is 22.5 Å². The van der Waals surface area contributed by atoms with Gasteiger partial charge in [0.2, 0.25) is 0 Å². The number of rotatable bonds is 5. The van der Waals surface area contributed by atoms with Gasteiger partial charge in [0.25, 0.3) is 0 Å². The summed E-state index contributed by atoms with van der Waals surface area (Å²) >= 11 is 3.41. The van der Waals surface area contributed by atoms with E-state index in [1.807, 2.05) is 28.6 Å². The van der Waals surface area contributed by atoms with E-state index in [9.17, 15) is 9.90 Å². The van der Waals surface area contributed by atoms with Gasteiger partial charge in [-0.25, -0.2) is 4.79 Å². The van der Waals surface area contributed by atoms with Crippen LogP contribution in [0, 0.1) is 0 Å². The third-order valence-electron chi connectivity index (χ3n) is 3.92. The van der Waals surface area contributed by atoms with Gasteiger partial charge in [-0.3, -0.25) is 0 Å². The molecule has 0 saturated heterocycles. The first-order valence-electron chi connectivity index (χ1n) is 7.65. The van der Waals surface area contributed by atoms with Crippen molar-refractivity contribution in [3.8, 4) is 0 Å². The van der Waals surface area contributed by atoms with Crippen LogP contribution in [0.15, 0.2) is 41.1 Å². The summed E-state index contributed by atoms with van der Waals surface area (Å²) in [5.41, 5.74) is 3.54. The predicted molar refractivity (Wildman–Crippen MR) is 96.0 cm³/mol. The summed E-state index contributed by atoms with van der Waals surface area (Å²) in [6.07, 6.45) is 0.438. The Balaban J connectivity index is 1.46. The van der Waals surface area contributed by atoms with Gasteiger partial charge in [-0.05, 0) is 45.7 Å². The van der Waals surface area contributed by atoms with E-state index >= 15 is 0 Å². The fourth-order valence-electron chi connectivity index (χ4n) is 2.67. The normalized spacial score (nSPS) is 18.0. The molecule has 2 amide bonds. The van der Waals surface area contributed by atoms with Gasteiger partial charge in [-0.1, -0.05) is 24.3 Å². The SMILES string of the molecule is O=C(NC[C@@H](O)c1ccsc1)NC[C@@H]1SCCc2ccccc21. The van der Waals surface area contributed by atoms with Crippen molar-refractivity contribution < 1.29 is 9.90 Å². The molecule has 3 rings (SSSR count). The van der Waals surface area contributed by atoms with Crippen molar-refractivity contribution in [2.45, 2.75) is 17.8 Å². The number of thiophene rings is 1. The number of benzene rings is 1. The summed E-state index contributed by atoms with van der Waals surface area (Å²) < 4.78 is 0. The highest BCUT2D eigenvalue weighted by atomic mass is 32.2. The maximum Gasteiger partial charge on any atom is 0.314 e. The number of thioether (sulfide) groups is 1. The molecule has 2 aromatic rings. The van der Waals surface area contributed by atoms with Gasteiger partial charge < -0.3 is 15.7 Å². The van der Waals surface area contributed by atoms with E-state index in [0.29, 0.717) is 11.8 Å². The largest absolute Gasteiger partial charge is 0.387 e. The van der Waals surface area contributed by atoms with Gasteiger partial charge in [0.05, 0.1) is 6.10 Å². The Morgan fingerprint density at radius 3 is 3.00 bits per heavy atom. The van der Waals surface area contributed by atoms with Crippen LogP contribution in [0.4, 0.5) is 4.79 Å². The summed E-state index contributed by atoms with van der Waals surface area (Å²) in [4.78, 5) is 11.9. The van der Waals surface area contributed by atoms with Crippen LogP contribution in [0.3, 0.4) is 0 Å². The molecule has 6 heteroatoms. The quantitative estimate of drug-likeness (QED) is 0.778. The third kappa shape index (κ3) is 4.28. The molecule has 2 atom stereocenters. The summed E-state index contributed by atoms with van der Waals surface area (Å²) in [5.74, 6) is 1.09. The number of aliphatic hydroxyl groups is 1. The Morgan fingerprint density at radius 1 is 1.30 bits per heavy atom. The number of hydrogen-bond acceptors (Lipinski definition) is 4. The van der Waals surface area contributed by atoms with Crippen LogP contribution < -0.4 is 10.6 Å². The molecule has 1 aromatic heterocycles. The molecule has 23 heavy (non-hydrogen) atoms. The molecule has 0 spiro atoms. The van der Waals surface area contributed by atoms with Crippen LogP contribution in [-0.2, 0) is 6.42 Å². The van der Waals surface area contributed by atoms with Crippen LogP contribution >= 0.6 is 23.1 Å². The molecule has 4 nitrogen and oxygen atoms in total. The zero-order valence-corrected chi connectivity index (χ0v) is 14.3. The fraction of sp³-hybridized carbons (Fsp3) is 0.353. The predicted octanol–water partition coefficient (Wildman–Crippen LogP) is 3.11. The van der Waals surface area contributed by atoms with E-state index < -0.39 is 6.10 Å². The maximum atomic E-state index is 11.9. The molecule has 0 aliphatic carbocycles. The zero-order valence-electron chi connectivity index (χ0n) is 12.7. The van der Waals surface area contributed by atoms with Crippen LogP contribution in [0.2, 0.25) is 0 Å². The van der Waals surface area contributed by atoms with E-state index in [1.54, 1.807) is 0 Å². The number of aliphatic hydroxyl groups excluding tert-OH is 1. The van der Waals surface area contributed by atoms with Gasteiger partial charge in [-0.2, -0.15) is 23.1 Å². The number of aryl methyl sites for hydroxylation is 1. The first-order chi connectivity index (χ1) is 11.2. The average Bonchev–Trinajstić information content (AvgIpc) is 3.12. The summed E-state index contributed by atoms with van der Waals surface area (Å²) in [7, 11) is 0. The van der Waals surface area contributed by atoms with Crippen LogP contribution in [0.25, 0.3) is 0 Å². The molecular weight excluding hydrogens is 328 g/mol. The summed E-state index contributed by atoms with van der Waals surface area (Å²) in [6, 6.07) is 10.1. The highest BCUT2D eigenvalue weighted by molar-refractivity contribution is 7.99. The topological polar surface area (TPSA) is 61.4 Å². The van der Waals surface area contributed by atoms with Gasteiger partial charge in [0.15, 0.2) is 0 Å². The Morgan fingerprint density at radius 2 is 2.17 bits per heavy atom. The molecule has 0 radical (unpaired) electrons. The number of hydrogen-bond donors (Lipinski definition) is 3. The molecule has 1 aliphatic heterocycles. The van der Waals surface area contributed by atoms with Crippen LogP contribution in [0.5, 0.6) is 0 Å². The Labute approximate surface area is 144 Å². The number of carbonyl (C=O) groups excluding carboxylic acids is 1. The van der Waals surface area contributed by atoms with Crippen molar-refractivity contribution in [1.29, 1.82) is 0 Å². The monoisotopic (exact) mass is 348 g/mol. The Kier molecular flexibility index (Phi) is 5.59. The van der Waals surface area contributed by atoms with Crippen molar-refractivity contribution in [3.05, 3.63) is 57.8 Å². The molecule has 0 saturated carbocycles. The summed E-state index contributed by atoms with van der Waals surface area (Å²) in [6.45, 7) is 0.818. The first-order valence-corrected chi connectivity index (χ1v) is 9.64. The fourth-order valence-corrected chi connectivity index (χ4v) is 4.61. The molecule has 0 fully saturated rings. The minimum atomic E-state index is -0.656. The molecular formula is C17H20N2O2S2. The van der Waals surface area contributed by atoms with Gasteiger partial charge >= 0.3 is 6.03 Å². The highest BCUT2D eigenvalue weighted by Gasteiger charge is 2.20. The number of urea groups is 1. The van der Waals surface area contributed by atoms with E-state index in [4.69, 9.17) is 0 Å².